The molecule has 0 aliphatic heterocycles. The highest BCUT2D eigenvalue weighted by Crippen LogP contribution is 2.26. The number of rotatable bonds is 4. The summed E-state index contributed by atoms with van der Waals surface area (Å²) in [5.74, 6) is 0.733. The summed E-state index contributed by atoms with van der Waals surface area (Å²) in [7, 11) is 0. The Morgan fingerprint density at radius 1 is 1.15 bits per heavy atom. The molecule has 0 radical (unpaired) electrons. The second kappa shape index (κ2) is 7.21. The van der Waals surface area contributed by atoms with Crippen molar-refractivity contribution in [3.63, 3.8) is 0 Å². The van der Waals surface area contributed by atoms with Crippen LogP contribution in [-0.4, -0.2) is 19.6 Å². The van der Waals surface area contributed by atoms with Crippen LogP contribution < -0.4 is 5.69 Å². The van der Waals surface area contributed by atoms with Gasteiger partial charge in [-0.25, -0.2) is 9.78 Å². The highest BCUT2D eigenvalue weighted by molar-refractivity contribution is 7.98. The van der Waals surface area contributed by atoms with Gasteiger partial charge in [0.15, 0.2) is 10.8 Å². The number of nitrogens with one attached hydrogen (secondary N) is 1. The number of thioether (sulfide) groups is 1. The van der Waals surface area contributed by atoms with Gasteiger partial charge >= 0.3 is 5.69 Å². The van der Waals surface area contributed by atoms with E-state index in [1.807, 2.05) is 24.3 Å². The van der Waals surface area contributed by atoms with Crippen molar-refractivity contribution in [3.05, 3.63) is 80.9 Å². The minimum absolute atomic E-state index is 0.302. The third-order valence-electron chi connectivity index (χ3n) is 4.38. The van der Waals surface area contributed by atoms with E-state index in [2.05, 4.69) is 47.1 Å². The van der Waals surface area contributed by atoms with Gasteiger partial charge in [0.1, 0.15) is 0 Å². The molecule has 0 aliphatic carbocycles. The number of halogens is 1. The van der Waals surface area contributed by atoms with Crippen LogP contribution in [0.3, 0.4) is 0 Å². The number of hydrogen-bond acceptors (Lipinski definition) is 4. The van der Waals surface area contributed by atoms with Crippen LogP contribution in [0.2, 0.25) is 5.02 Å². The number of hydrogen-bond donors (Lipinski definition) is 1. The summed E-state index contributed by atoms with van der Waals surface area (Å²) in [6.07, 6.45) is 1.65. The molecule has 1 N–H and O–H groups in total. The molecule has 4 aromatic rings. The van der Waals surface area contributed by atoms with E-state index in [0.29, 0.717) is 15.8 Å². The molecule has 0 spiro atoms. The predicted octanol–water partition coefficient (Wildman–Crippen LogP) is 4.65. The van der Waals surface area contributed by atoms with Crippen LogP contribution in [0.5, 0.6) is 0 Å². The van der Waals surface area contributed by atoms with Gasteiger partial charge in [0, 0.05) is 16.3 Å². The molecule has 27 heavy (non-hydrogen) atoms. The Kier molecular flexibility index (Phi) is 4.76. The van der Waals surface area contributed by atoms with Crippen molar-refractivity contribution in [2.75, 3.05) is 0 Å². The average molecular weight is 397 g/mol. The maximum Gasteiger partial charge on any atom is 0.350 e. The fraction of sp³-hybridized carbons (Fsp3) is 0.150. The van der Waals surface area contributed by atoms with Crippen LogP contribution in [0.25, 0.3) is 16.8 Å². The third-order valence-corrected chi connectivity index (χ3v) is 5.56. The minimum Gasteiger partial charge on any atom is -0.285 e. The fourth-order valence-corrected chi connectivity index (χ4v) is 3.91. The summed E-state index contributed by atoms with van der Waals surface area (Å²) in [6, 6.07) is 13.8. The lowest BCUT2D eigenvalue weighted by atomic mass is 10.1. The van der Waals surface area contributed by atoms with Crippen LogP contribution in [0.15, 0.2) is 58.6 Å². The molecule has 0 unspecified atom stereocenters. The Bertz CT molecular complexity index is 1180. The van der Waals surface area contributed by atoms with Crippen molar-refractivity contribution < 1.29 is 0 Å². The predicted molar refractivity (Wildman–Crippen MR) is 110 cm³/mol. The smallest absolute Gasteiger partial charge is 0.285 e. The summed E-state index contributed by atoms with van der Waals surface area (Å²) < 4.78 is 1.28. The molecule has 5 nitrogen and oxygen atoms in total. The standard InChI is InChI=1S/C20H17ClN4OS/c1-12-3-4-13(2)15(9-12)11-27-19-23-18-17(10-22-25(18)20(26)24-19)14-5-7-16(21)8-6-14/h3-10H,11H2,1-2H3,(H,23,24,26). The maximum atomic E-state index is 12.4. The van der Waals surface area contributed by atoms with Crippen molar-refractivity contribution in [2.24, 2.45) is 0 Å². The fourth-order valence-electron chi connectivity index (χ4n) is 2.87. The Labute approximate surface area is 165 Å². The van der Waals surface area contributed by atoms with Gasteiger partial charge < -0.3 is 0 Å². The lowest BCUT2D eigenvalue weighted by Crippen LogP contribution is -2.19. The highest BCUT2D eigenvalue weighted by Gasteiger charge is 2.13. The van der Waals surface area contributed by atoms with Crippen LogP contribution in [0.1, 0.15) is 16.7 Å². The van der Waals surface area contributed by atoms with Crippen molar-refractivity contribution in [2.45, 2.75) is 24.8 Å². The number of aryl methyl sites for hydroxylation is 2. The quantitative estimate of drug-likeness (QED) is 0.510. The molecule has 2 aromatic carbocycles. The van der Waals surface area contributed by atoms with Crippen molar-refractivity contribution >= 4 is 29.0 Å². The molecular formula is C20H17ClN4OS. The molecule has 2 heterocycles. The zero-order valence-electron chi connectivity index (χ0n) is 14.9. The Morgan fingerprint density at radius 3 is 2.70 bits per heavy atom. The van der Waals surface area contributed by atoms with Crippen LogP contribution in [0.4, 0.5) is 0 Å². The molecule has 2 aromatic heterocycles. The first kappa shape index (κ1) is 17.8. The van der Waals surface area contributed by atoms with E-state index in [1.165, 1.54) is 33.0 Å². The Balaban J connectivity index is 1.70. The second-order valence-corrected chi connectivity index (χ2v) is 7.77. The van der Waals surface area contributed by atoms with Gasteiger partial charge in [-0.2, -0.15) is 9.61 Å². The number of H-pyrrole nitrogens is 1. The zero-order valence-corrected chi connectivity index (χ0v) is 16.4. The molecule has 7 heteroatoms. The first-order chi connectivity index (χ1) is 13.0. The van der Waals surface area contributed by atoms with Crippen LogP contribution in [-0.2, 0) is 5.75 Å². The first-order valence-electron chi connectivity index (χ1n) is 8.44. The summed E-state index contributed by atoms with van der Waals surface area (Å²) >= 11 is 7.48. The molecule has 0 saturated heterocycles. The number of aromatic amines is 1. The second-order valence-electron chi connectivity index (χ2n) is 6.37. The van der Waals surface area contributed by atoms with Gasteiger partial charge in [-0.3, -0.25) is 4.98 Å². The number of aromatic nitrogens is 4. The van der Waals surface area contributed by atoms with E-state index < -0.39 is 0 Å². The summed E-state index contributed by atoms with van der Waals surface area (Å²) in [5, 5.41) is 5.40. The van der Waals surface area contributed by atoms with Gasteiger partial charge in [0.25, 0.3) is 0 Å². The van der Waals surface area contributed by atoms with Gasteiger partial charge in [-0.05, 0) is 42.7 Å². The van der Waals surface area contributed by atoms with E-state index in [1.54, 1.807) is 6.20 Å². The molecule has 4 rings (SSSR count). The van der Waals surface area contributed by atoms with E-state index >= 15 is 0 Å². The maximum absolute atomic E-state index is 12.4. The first-order valence-corrected chi connectivity index (χ1v) is 9.80. The lowest BCUT2D eigenvalue weighted by molar-refractivity contribution is 0.786. The third kappa shape index (κ3) is 3.63. The Hall–Kier alpha value is -2.57. The van der Waals surface area contributed by atoms with E-state index in [0.717, 1.165) is 16.9 Å². The zero-order chi connectivity index (χ0) is 19.0. The van der Waals surface area contributed by atoms with Crippen molar-refractivity contribution in [3.8, 4) is 11.1 Å². The normalized spacial score (nSPS) is 11.2. The number of benzene rings is 2. The molecule has 0 atom stereocenters. The molecular weight excluding hydrogens is 380 g/mol. The minimum atomic E-state index is -0.302. The molecule has 0 amide bonds. The molecule has 0 fully saturated rings. The molecule has 0 saturated carbocycles. The van der Waals surface area contributed by atoms with Crippen LogP contribution in [0, 0.1) is 13.8 Å². The highest BCUT2D eigenvalue weighted by atomic mass is 35.5. The number of nitrogens with zero attached hydrogens (tertiary/aromatic N) is 3. The molecule has 136 valence electrons. The monoisotopic (exact) mass is 396 g/mol. The van der Waals surface area contributed by atoms with Gasteiger partial charge in [-0.1, -0.05) is 59.3 Å². The summed E-state index contributed by atoms with van der Waals surface area (Å²) in [5.41, 5.74) is 5.61. The summed E-state index contributed by atoms with van der Waals surface area (Å²) in [6.45, 7) is 4.16. The van der Waals surface area contributed by atoms with E-state index in [-0.39, 0.29) is 5.69 Å². The van der Waals surface area contributed by atoms with E-state index in [4.69, 9.17) is 11.6 Å². The molecule has 0 aliphatic rings. The van der Waals surface area contributed by atoms with Crippen molar-refractivity contribution in [1.82, 2.24) is 19.6 Å². The SMILES string of the molecule is Cc1ccc(C)c(CSc2nc3c(-c4ccc(Cl)cc4)cnn3c(=O)[nH]2)c1. The van der Waals surface area contributed by atoms with Crippen molar-refractivity contribution in [1.29, 1.82) is 0 Å². The molecule has 0 bridgehead atoms. The van der Waals surface area contributed by atoms with Crippen LogP contribution >= 0.6 is 23.4 Å². The lowest BCUT2D eigenvalue weighted by Gasteiger charge is -2.07. The van der Waals surface area contributed by atoms with E-state index in [9.17, 15) is 4.79 Å². The van der Waals surface area contributed by atoms with Gasteiger partial charge in [0.2, 0.25) is 0 Å². The Morgan fingerprint density at radius 2 is 1.93 bits per heavy atom. The largest absolute Gasteiger partial charge is 0.350 e. The summed E-state index contributed by atoms with van der Waals surface area (Å²) in [4.78, 5) is 19.8. The topological polar surface area (TPSA) is 63.1 Å². The van der Waals surface area contributed by atoms with Gasteiger partial charge in [0.05, 0.1) is 6.20 Å². The average Bonchev–Trinajstić information content (AvgIpc) is 3.08. The number of fused-ring (bicyclic) bond motifs is 1. The van der Waals surface area contributed by atoms with Gasteiger partial charge in [-0.15, -0.1) is 0 Å².